The Kier molecular flexibility index (Phi) is 5.66. The Morgan fingerprint density at radius 3 is 2.65 bits per heavy atom. The van der Waals surface area contributed by atoms with Crippen molar-refractivity contribution in [2.45, 2.75) is 40.8 Å². The number of carbonyl (C=O) groups excluding carboxylic acids is 1. The number of benzene rings is 2. The number of fused-ring (bicyclic) bond motifs is 1. The minimum Gasteiger partial charge on any atom is -0.329 e. The molecule has 4 aromatic rings. The maximum Gasteiger partial charge on any atom is 0.271 e. The summed E-state index contributed by atoms with van der Waals surface area (Å²) in [4.78, 5) is 17.1. The molecule has 2 heterocycles. The Morgan fingerprint density at radius 1 is 1.13 bits per heavy atom. The molecule has 0 unspecified atom stereocenters. The topological polar surface area (TPSA) is 77.1 Å². The zero-order valence-corrected chi connectivity index (χ0v) is 18.3. The summed E-state index contributed by atoms with van der Waals surface area (Å²) in [5, 5.41) is 8.79. The van der Waals surface area contributed by atoms with E-state index in [1.807, 2.05) is 49.7 Å². The van der Waals surface area contributed by atoms with Crippen LogP contribution in [0, 0.1) is 20.8 Å². The van der Waals surface area contributed by atoms with Gasteiger partial charge in [-0.15, -0.1) is 0 Å². The fraction of sp³-hybridized carbons (Fsp3) is 0.250. The van der Waals surface area contributed by atoms with Crippen molar-refractivity contribution in [1.82, 2.24) is 24.8 Å². The number of rotatable bonds is 6. The fourth-order valence-corrected chi connectivity index (χ4v) is 3.82. The van der Waals surface area contributed by atoms with Crippen molar-refractivity contribution < 1.29 is 4.79 Å². The molecule has 2 aromatic carbocycles. The van der Waals surface area contributed by atoms with Gasteiger partial charge in [-0.1, -0.05) is 30.3 Å². The van der Waals surface area contributed by atoms with Crippen LogP contribution in [0.3, 0.4) is 0 Å². The summed E-state index contributed by atoms with van der Waals surface area (Å²) in [7, 11) is 0. The van der Waals surface area contributed by atoms with Gasteiger partial charge in [-0.3, -0.25) is 9.48 Å². The van der Waals surface area contributed by atoms with Gasteiger partial charge in [-0.25, -0.2) is 10.4 Å². The van der Waals surface area contributed by atoms with E-state index in [9.17, 15) is 4.79 Å². The first kappa shape index (κ1) is 20.5. The van der Waals surface area contributed by atoms with Crippen molar-refractivity contribution in [3.63, 3.8) is 0 Å². The Morgan fingerprint density at radius 2 is 1.90 bits per heavy atom. The molecule has 0 aliphatic rings. The molecule has 158 valence electrons. The Labute approximate surface area is 181 Å². The van der Waals surface area contributed by atoms with Crippen molar-refractivity contribution in [3.8, 4) is 0 Å². The molecule has 0 radical (unpaired) electrons. The zero-order chi connectivity index (χ0) is 22.0. The number of nitrogens with one attached hydrogen (secondary N) is 1. The number of carbonyl (C=O) groups is 1. The van der Waals surface area contributed by atoms with Crippen LogP contribution in [0.2, 0.25) is 0 Å². The lowest BCUT2D eigenvalue weighted by Crippen LogP contribution is -2.17. The number of hydrazone groups is 1. The molecule has 7 nitrogen and oxygen atoms in total. The molecule has 0 saturated heterocycles. The largest absolute Gasteiger partial charge is 0.329 e. The summed E-state index contributed by atoms with van der Waals surface area (Å²) in [5.41, 5.74) is 8.94. The van der Waals surface area contributed by atoms with Gasteiger partial charge >= 0.3 is 0 Å². The molecule has 0 aliphatic heterocycles. The second kappa shape index (κ2) is 8.55. The molecular formula is C24H26N6O. The molecule has 7 heteroatoms. The third kappa shape index (κ3) is 4.12. The van der Waals surface area contributed by atoms with E-state index in [0.717, 1.165) is 40.4 Å². The van der Waals surface area contributed by atoms with Gasteiger partial charge in [0.05, 0.1) is 29.5 Å². The molecule has 1 N–H and O–H groups in total. The van der Waals surface area contributed by atoms with E-state index in [1.54, 1.807) is 18.3 Å². The lowest BCUT2D eigenvalue weighted by atomic mass is 10.2. The van der Waals surface area contributed by atoms with Crippen LogP contribution in [-0.4, -0.2) is 31.5 Å². The molecule has 2 aromatic heterocycles. The number of nitrogens with zero attached hydrogens (tertiary/aromatic N) is 5. The van der Waals surface area contributed by atoms with Crippen LogP contribution in [0.1, 0.15) is 45.6 Å². The van der Waals surface area contributed by atoms with Crippen LogP contribution < -0.4 is 5.43 Å². The molecule has 1 amide bonds. The van der Waals surface area contributed by atoms with Crippen molar-refractivity contribution in [1.29, 1.82) is 0 Å². The third-order valence-corrected chi connectivity index (χ3v) is 5.49. The fourth-order valence-electron chi connectivity index (χ4n) is 3.82. The highest BCUT2D eigenvalue weighted by molar-refractivity contribution is 5.98. The lowest BCUT2D eigenvalue weighted by molar-refractivity contribution is 0.0955. The van der Waals surface area contributed by atoms with Gasteiger partial charge in [0.25, 0.3) is 5.91 Å². The van der Waals surface area contributed by atoms with Crippen LogP contribution in [0.5, 0.6) is 0 Å². The number of aryl methyl sites for hydroxylation is 3. The molecule has 0 saturated carbocycles. The van der Waals surface area contributed by atoms with Gasteiger partial charge < -0.3 is 4.57 Å². The molecule has 0 bridgehead atoms. The highest BCUT2D eigenvalue weighted by Crippen LogP contribution is 2.18. The number of aromatic nitrogens is 4. The van der Waals surface area contributed by atoms with E-state index >= 15 is 0 Å². The summed E-state index contributed by atoms with van der Waals surface area (Å²) in [6, 6.07) is 15.7. The van der Waals surface area contributed by atoms with Gasteiger partial charge in [0.15, 0.2) is 0 Å². The summed E-state index contributed by atoms with van der Waals surface area (Å²) in [5.74, 6) is 0.667. The molecule has 0 aliphatic carbocycles. The number of hydrogen-bond donors (Lipinski definition) is 1. The predicted octanol–water partition coefficient (Wildman–Crippen LogP) is 3.99. The van der Waals surface area contributed by atoms with Crippen LogP contribution >= 0.6 is 0 Å². The van der Waals surface area contributed by atoms with E-state index < -0.39 is 0 Å². The second-order valence-corrected chi connectivity index (χ2v) is 7.53. The maximum atomic E-state index is 12.6. The smallest absolute Gasteiger partial charge is 0.271 e. The average Bonchev–Trinajstić information content (AvgIpc) is 3.23. The van der Waals surface area contributed by atoms with Crippen molar-refractivity contribution >= 4 is 23.2 Å². The first-order valence-electron chi connectivity index (χ1n) is 10.4. The SMILES string of the molecule is CCn1c(C)nc2cc(C(=O)N/N=C\c3c(C)nn(Cc4ccccc4)c3C)ccc21. The molecule has 4 rings (SSSR count). The zero-order valence-electron chi connectivity index (χ0n) is 18.3. The van der Waals surface area contributed by atoms with Crippen LogP contribution in [0.15, 0.2) is 53.6 Å². The predicted molar refractivity (Wildman–Crippen MR) is 122 cm³/mol. The van der Waals surface area contributed by atoms with Crippen molar-refractivity contribution in [2.75, 3.05) is 0 Å². The van der Waals surface area contributed by atoms with E-state index in [2.05, 4.69) is 44.2 Å². The normalized spacial score (nSPS) is 11.5. The summed E-state index contributed by atoms with van der Waals surface area (Å²) in [6.45, 7) is 9.53. The summed E-state index contributed by atoms with van der Waals surface area (Å²) >= 11 is 0. The summed E-state index contributed by atoms with van der Waals surface area (Å²) in [6.07, 6.45) is 1.66. The lowest BCUT2D eigenvalue weighted by Gasteiger charge is -2.04. The van der Waals surface area contributed by atoms with Crippen LogP contribution in [0.4, 0.5) is 0 Å². The molecular weight excluding hydrogens is 388 g/mol. The standard InChI is InChI=1S/C24H26N6O/c1-5-29-18(4)26-22-13-20(11-12-23(22)29)24(31)27-25-14-21-16(2)28-30(17(21)3)15-19-9-7-6-8-10-19/h6-14H,5,15H2,1-4H3,(H,27,31)/b25-14-. The van der Waals surface area contributed by atoms with Gasteiger partial charge in [0.2, 0.25) is 0 Å². The Balaban J connectivity index is 1.48. The van der Waals surface area contributed by atoms with E-state index in [4.69, 9.17) is 0 Å². The maximum absolute atomic E-state index is 12.6. The number of imidazole rings is 1. The summed E-state index contributed by atoms with van der Waals surface area (Å²) < 4.78 is 4.07. The van der Waals surface area contributed by atoms with Gasteiger partial charge in [0.1, 0.15) is 5.82 Å². The van der Waals surface area contributed by atoms with E-state index in [1.165, 1.54) is 5.56 Å². The Hall–Kier alpha value is -3.74. The number of hydrogen-bond acceptors (Lipinski definition) is 4. The average molecular weight is 415 g/mol. The van der Waals surface area contributed by atoms with E-state index in [0.29, 0.717) is 12.1 Å². The molecule has 0 fully saturated rings. The first-order chi connectivity index (χ1) is 15.0. The molecule has 31 heavy (non-hydrogen) atoms. The minimum absolute atomic E-state index is 0.270. The van der Waals surface area contributed by atoms with Crippen molar-refractivity contribution in [2.24, 2.45) is 5.10 Å². The van der Waals surface area contributed by atoms with Gasteiger partial charge in [0, 0.05) is 23.4 Å². The highest BCUT2D eigenvalue weighted by Gasteiger charge is 2.12. The third-order valence-electron chi connectivity index (χ3n) is 5.49. The minimum atomic E-state index is -0.270. The van der Waals surface area contributed by atoms with E-state index in [-0.39, 0.29) is 5.91 Å². The first-order valence-corrected chi connectivity index (χ1v) is 10.4. The van der Waals surface area contributed by atoms with Gasteiger partial charge in [-0.05, 0) is 51.5 Å². The quantitative estimate of drug-likeness (QED) is 0.383. The monoisotopic (exact) mass is 414 g/mol. The molecule has 0 spiro atoms. The highest BCUT2D eigenvalue weighted by atomic mass is 16.2. The second-order valence-electron chi connectivity index (χ2n) is 7.53. The molecule has 0 atom stereocenters. The van der Waals surface area contributed by atoms with Crippen molar-refractivity contribution in [3.05, 3.63) is 82.4 Å². The Bertz CT molecular complexity index is 1270. The number of amides is 1. The van der Waals surface area contributed by atoms with Gasteiger partial charge in [-0.2, -0.15) is 10.2 Å². The van der Waals surface area contributed by atoms with Crippen LogP contribution in [-0.2, 0) is 13.1 Å². The van der Waals surface area contributed by atoms with Crippen LogP contribution in [0.25, 0.3) is 11.0 Å².